The number of halogens is 1. The van der Waals surface area contributed by atoms with Gasteiger partial charge in [-0.1, -0.05) is 18.2 Å². The van der Waals surface area contributed by atoms with Crippen LogP contribution >= 0.6 is 0 Å². The molecule has 1 aliphatic heterocycles. The van der Waals surface area contributed by atoms with E-state index in [1.54, 1.807) is 18.3 Å². The van der Waals surface area contributed by atoms with E-state index in [0.29, 0.717) is 6.42 Å². The SMILES string of the molecule is O=C1CC[C@H]([C@@H](c2ccc(F)cc2)c2ccccn2)N1. The lowest BCUT2D eigenvalue weighted by Crippen LogP contribution is -2.32. The Labute approximate surface area is 116 Å². The molecule has 20 heavy (non-hydrogen) atoms. The third kappa shape index (κ3) is 2.54. The molecule has 2 aromatic rings. The minimum atomic E-state index is -0.260. The lowest BCUT2D eigenvalue weighted by molar-refractivity contribution is -0.119. The zero-order valence-corrected chi connectivity index (χ0v) is 10.9. The van der Waals surface area contributed by atoms with Crippen molar-refractivity contribution in [3.63, 3.8) is 0 Å². The van der Waals surface area contributed by atoms with Gasteiger partial charge in [0.15, 0.2) is 0 Å². The van der Waals surface area contributed by atoms with Gasteiger partial charge in [0.25, 0.3) is 0 Å². The second-order valence-corrected chi connectivity index (χ2v) is 5.00. The Kier molecular flexibility index (Phi) is 3.46. The van der Waals surface area contributed by atoms with Gasteiger partial charge in [-0.15, -0.1) is 0 Å². The average Bonchev–Trinajstić information content (AvgIpc) is 2.89. The van der Waals surface area contributed by atoms with E-state index in [0.717, 1.165) is 17.7 Å². The highest BCUT2D eigenvalue weighted by Gasteiger charge is 2.31. The Hall–Kier alpha value is -2.23. The summed E-state index contributed by atoms with van der Waals surface area (Å²) in [5.74, 6) is -0.231. The van der Waals surface area contributed by atoms with Gasteiger partial charge in [-0.05, 0) is 36.2 Å². The second-order valence-electron chi connectivity index (χ2n) is 5.00. The van der Waals surface area contributed by atoms with Crippen LogP contribution in [0.25, 0.3) is 0 Å². The Balaban J connectivity index is 1.99. The Morgan fingerprint density at radius 2 is 2.00 bits per heavy atom. The van der Waals surface area contributed by atoms with Crippen molar-refractivity contribution in [3.05, 3.63) is 65.7 Å². The maximum Gasteiger partial charge on any atom is 0.220 e. The first-order valence-corrected chi connectivity index (χ1v) is 6.70. The van der Waals surface area contributed by atoms with E-state index in [1.165, 1.54) is 12.1 Å². The number of nitrogens with zero attached hydrogens (tertiary/aromatic N) is 1. The molecule has 2 atom stereocenters. The van der Waals surface area contributed by atoms with E-state index in [4.69, 9.17) is 0 Å². The predicted molar refractivity (Wildman–Crippen MR) is 73.6 cm³/mol. The fourth-order valence-corrected chi connectivity index (χ4v) is 2.73. The van der Waals surface area contributed by atoms with Crippen molar-refractivity contribution in [2.75, 3.05) is 0 Å². The van der Waals surface area contributed by atoms with Gasteiger partial charge < -0.3 is 5.32 Å². The number of aromatic nitrogens is 1. The van der Waals surface area contributed by atoms with Crippen molar-refractivity contribution < 1.29 is 9.18 Å². The summed E-state index contributed by atoms with van der Waals surface area (Å²) >= 11 is 0. The van der Waals surface area contributed by atoms with E-state index < -0.39 is 0 Å². The lowest BCUT2D eigenvalue weighted by atomic mass is 9.87. The average molecular weight is 270 g/mol. The quantitative estimate of drug-likeness (QED) is 0.931. The summed E-state index contributed by atoms with van der Waals surface area (Å²) in [6.45, 7) is 0. The molecule has 0 unspecified atom stereocenters. The van der Waals surface area contributed by atoms with Gasteiger partial charge >= 0.3 is 0 Å². The fraction of sp³-hybridized carbons (Fsp3) is 0.250. The number of benzene rings is 1. The van der Waals surface area contributed by atoms with Crippen molar-refractivity contribution >= 4 is 5.91 Å². The number of rotatable bonds is 3. The number of nitrogens with one attached hydrogen (secondary N) is 1. The smallest absolute Gasteiger partial charge is 0.220 e. The minimum Gasteiger partial charge on any atom is -0.352 e. The molecule has 102 valence electrons. The van der Waals surface area contributed by atoms with E-state index in [-0.39, 0.29) is 23.7 Å². The molecule has 1 fully saturated rings. The van der Waals surface area contributed by atoms with Gasteiger partial charge in [0.05, 0.1) is 0 Å². The van der Waals surface area contributed by atoms with Crippen molar-refractivity contribution in [1.29, 1.82) is 0 Å². The van der Waals surface area contributed by atoms with Crippen molar-refractivity contribution in [1.82, 2.24) is 10.3 Å². The zero-order chi connectivity index (χ0) is 13.9. The standard InChI is InChI=1S/C16H15FN2O/c17-12-6-4-11(5-7-12)16(13-3-1-2-10-18-13)14-8-9-15(20)19-14/h1-7,10,14,16H,8-9H2,(H,19,20)/t14-,16+/m1/s1. The topological polar surface area (TPSA) is 42.0 Å². The van der Waals surface area contributed by atoms with E-state index in [9.17, 15) is 9.18 Å². The number of hydrogen-bond donors (Lipinski definition) is 1. The van der Waals surface area contributed by atoms with E-state index >= 15 is 0 Å². The van der Waals surface area contributed by atoms with Gasteiger partial charge in [0, 0.05) is 30.3 Å². The lowest BCUT2D eigenvalue weighted by Gasteiger charge is -2.23. The van der Waals surface area contributed by atoms with Crippen molar-refractivity contribution in [2.24, 2.45) is 0 Å². The van der Waals surface area contributed by atoms with Crippen LogP contribution in [0.3, 0.4) is 0 Å². The summed E-state index contributed by atoms with van der Waals surface area (Å²) in [4.78, 5) is 15.9. The second kappa shape index (κ2) is 5.41. The molecule has 0 saturated carbocycles. The first-order valence-electron chi connectivity index (χ1n) is 6.70. The molecule has 1 saturated heterocycles. The number of carbonyl (C=O) groups is 1. The third-order valence-corrected chi connectivity index (χ3v) is 3.67. The van der Waals surface area contributed by atoms with Crippen molar-refractivity contribution in [2.45, 2.75) is 24.8 Å². The maximum atomic E-state index is 13.1. The number of pyridine rings is 1. The molecular formula is C16H15FN2O. The highest BCUT2D eigenvalue weighted by Crippen LogP contribution is 2.31. The molecule has 3 nitrogen and oxygen atoms in total. The molecule has 1 N–H and O–H groups in total. The molecule has 3 rings (SSSR count). The van der Waals surface area contributed by atoms with Gasteiger partial charge in [-0.25, -0.2) is 4.39 Å². The molecule has 1 amide bonds. The van der Waals surface area contributed by atoms with Crippen molar-refractivity contribution in [3.8, 4) is 0 Å². The summed E-state index contributed by atoms with van der Waals surface area (Å²) < 4.78 is 13.1. The van der Waals surface area contributed by atoms with Crippen LogP contribution in [0.1, 0.15) is 30.0 Å². The van der Waals surface area contributed by atoms with Gasteiger partial charge in [-0.3, -0.25) is 9.78 Å². The molecule has 2 heterocycles. The third-order valence-electron chi connectivity index (χ3n) is 3.67. The fourth-order valence-electron chi connectivity index (χ4n) is 2.73. The zero-order valence-electron chi connectivity index (χ0n) is 10.9. The first kappa shape index (κ1) is 12.8. The first-order chi connectivity index (χ1) is 9.74. The Bertz CT molecular complexity index is 598. The summed E-state index contributed by atoms with van der Waals surface area (Å²) in [5, 5.41) is 2.99. The van der Waals surface area contributed by atoms with Crippen LogP contribution in [0, 0.1) is 5.82 Å². The molecule has 0 spiro atoms. The normalized spacial score (nSPS) is 19.6. The van der Waals surface area contributed by atoms with Crippen LogP contribution in [-0.2, 0) is 4.79 Å². The van der Waals surface area contributed by atoms with Crippen LogP contribution in [0.4, 0.5) is 4.39 Å². The summed E-state index contributed by atoms with van der Waals surface area (Å²) in [6.07, 6.45) is 3.05. The number of carbonyl (C=O) groups excluding carboxylic acids is 1. The Morgan fingerprint density at radius 3 is 2.60 bits per heavy atom. The highest BCUT2D eigenvalue weighted by atomic mass is 19.1. The monoisotopic (exact) mass is 270 g/mol. The molecule has 4 heteroatoms. The van der Waals surface area contributed by atoms with E-state index in [1.807, 2.05) is 18.2 Å². The Morgan fingerprint density at radius 1 is 1.20 bits per heavy atom. The summed E-state index contributed by atoms with van der Waals surface area (Å²) in [6, 6.07) is 12.2. The molecular weight excluding hydrogens is 255 g/mol. The molecule has 1 aromatic carbocycles. The summed E-state index contributed by atoms with van der Waals surface area (Å²) in [7, 11) is 0. The molecule has 1 aromatic heterocycles. The largest absolute Gasteiger partial charge is 0.352 e. The van der Waals surface area contributed by atoms with Crippen LogP contribution in [0.2, 0.25) is 0 Å². The molecule has 0 bridgehead atoms. The minimum absolute atomic E-state index is 0.0165. The van der Waals surface area contributed by atoms with Crippen LogP contribution < -0.4 is 5.32 Å². The van der Waals surface area contributed by atoms with E-state index in [2.05, 4.69) is 10.3 Å². The molecule has 0 aliphatic carbocycles. The molecule has 0 radical (unpaired) electrons. The number of amides is 1. The highest BCUT2D eigenvalue weighted by molar-refractivity contribution is 5.78. The molecule has 1 aliphatic rings. The van der Waals surface area contributed by atoms with Gasteiger partial charge in [0.1, 0.15) is 5.82 Å². The predicted octanol–water partition coefficient (Wildman–Crippen LogP) is 2.63. The van der Waals surface area contributed by atoms with Crippen LogP contribution in [0.5, 0.6) is 0 Å². The van der Waals surface area contributed by atoms with Crippen LogP contribution in [0.15, 0.2) is 48.7 Å². The number of hydrogen-bond acceptors (Lipinski definition) is 2. The van der Waals surface area contributed by atoms with Gasteiger partial charge in [-0.2, -0.15) is 0 Å². The van der Waals surface area contributed by atoms with Crippen LogP contribution in [-0.4, -0.2) is 16.9 Å². The van der Waals surface area contributed by atoms with Gasteiger partial charge in [0.2, 0.25) is 5.91 Å². The summed E-state index contributed by atoms with van der Waals surface area (Å²) in [5.41, 5.74) is 1.86. The maximum absolute atomic E-state index is 13.1.